The number of fused-ring (bicyclic) bond motifs is 1. The molecule has 1 atom stereocenters. The van der Waals surface area contributed by atoms with Crippen LogP contribution in [0.5, 0.6) is 5.75 Å². The molecule has 2 aromatic carbocycles. The number of halogens is 1. The van der Waals surface area contributed by atoms with Gasteiger partial charge in [-0.05, 0) is 48.7 Å². The van der Waals surface area contributed by atoms with Gasteiger partial charge in [-0.25, -0.2) is 9.48 Å². The summed E-state index contributed by atoms with van der Waals surface area (Å²) in [4.78, 5) is 17.2. The SMILES string of the molecule is CCCCOC(=O)C1=C(C)Nc2ncnn2C1c1ccc(OCc2ccc(Cl)cc2)cc1. The van der Waals surface area contributed by atoms with Crippen LogP contribution >= 0.6 is 11.6 Å². The Hall–Kier alpha value is -3.32. The van der Waals surface area contributed by atoms with Gasteiger partial charge in [0.25, 0.3) is 0 Å². The predicted molar refractivity (Wildman–Crippen MR) is 123 cm³/mol. The first-order valence-corrected chi connectivity index (χ1v) is 11.0. The van der Waals surface area contributed by atoms with Crippen LogP contribution < -0.4 is 10.1 Å². The van der Waals surface area contributed by atoms with Crippen molar-refractivity contribution in [1.82, 2.24) is 14.8 Å². The number of nitrogens with one attached hydrogen (secondary N) is 1. The van der Waals surface area contributed by atoms with E-state index in [1.807, 2.05) is 55.5 Å². The summed E-state index contributed by atoms with van der Waals surface area (Å²) in [6.45, 7) is 4.73. The average Bonchev–Trinajstić information content (AvgIpc) is 3.26. The highest BCUT2D eigenvalue weighted by molar-refractivity contribution is 6.30. The summed E-state index contributed by atoms with van der Waals surface area (Å²) in [5.74, 6) is 0.961. The number of nitrogens with zero attached hydrogens (tertiary/aromatic N) is 3. The molecule has 1 aromatic heterocycles. The molecule has 8 heteroatoms. The van der Waals surface area contributed by atoms with Crippen LogP contribution in [0.25, 0.3) is 0 Å². The highest BCUT2D eigenvalue weighted by Gasteiger charge is 2.34. The molecule has 0 radical (unpaired) electrons. The molecular formula is C24H25ClN4O3. The van der Waals surface area contributed by atoms with Crippen LogP contribution in [0.2, 0.25) is 5.02 Å². The van der Waals surface area contributed by atoms with Crippen LogP contribution in [0, 0.1) is 0 Å². The number of benzene rings is 2. The molecule has 1 aliphatic heterocycles. The quantitative estimate of drug-likeness (QED) is 0.376. The van der Waals surface area contributed by atoms with E-state index in [1.54, 1.807) is 4.68 Å². The van der Waals surface area contributed by atoms with Gasteiger partial charge in [-0.15, -0.1) is 0 Å². The molecule has 1 unspecified atom stereocenters. The van der Waals surface area contributed by atoms with E-state index in [0.717, 1.165) is 29.7 Å². The van der Waals surface area contributed by atoms with E-state index < -0.39 is 6.04 Å². The monoisotopic (exact) mass is 452 g/mol. The maximum atomic E-state index is 12.9. The number of anilines is 1. The van der Waals surface area contributed by atoms with Crippen LogP contribution in [0.3, 0.4) is 0 Å². The van der Waals surface area contributed by atoms with Crippen molar-refractivity contribution in [3.05, 3.63) is 82.3 Å². The van der Waals surface area contributed by atoms with Crippen LogP contribution in [0.15, 0.2) is 66.1 Å². The lowest BCUT2D eigenvalue weighted by molar-refractivity contribution is -0.139. The van der Waals surface area contributed by atoms with Crippen LogP contribution in [-0.4, -0.2) is 27.3 Å². The fourth-order valence-corrected chi connectivity index (χ4v) is 3.67. The van der Waals surface area contributed by atoms with Gasteiger partial charge in [-0.1, -0.05) is 49.2 Å². The Morgan fingerprint density at radius 3 is 2.62 bits per heavy atom. The molecule has 1 aliphatic rings. The Bertz CT molecular complexity index is 1110. The summed E-state index contributed by atoms with van der Waals surface area (Å²) in [5, 5.41) is 8.19. The molecule has 0 amide bonds. The lowest BCUT2D eigenvalue weighted by Crippen LogP contribution is -2.29. The van der Waals surface area contributed by atoms with Crippen molar-refractivity contribution < 1.29 is 14.3 Å². The number of hydrogen-bond donors (Lipinski definition) is 1. The second-order valence-electron chi connectivity index (χ2n) is 7.57. The van der Waals surface area contributed by atoms with Gasteiger partial charge in [-0.2, -0.15) is 10.1 Å². The van der Waals surface area contributed by atoms with Crippen molar-refractivity contribution in [2.45, 2.75) is 39.3 Å². The smallest absolute Gasteiger partial charge is 0.338 e. The van der Waals surface area contributed by atoms with Crippen LogP contribution in [0.4, 0.5) is 5.95 Å². The molecule has 0 aliphatic carbocycles. The third-order valence-corrected chi connectivity index (χ3v) is 5.51. The normalized spacial score (nSPS) is 15.2. The maximum absolute atomic E-state index is 12.9. The zero-order valence-electron chi connectivity index (χ0n) is 18.0. The first kappa shape index (κ1) is 21.9. The molecule has 0 spiro atoms. The molecule has 7 nitrogen and oxygen atoms in total. The Labute approximate surface area is 192 Å². The van der Waals surface area contributed by atoms with E-state index >= 15 is 0 Å². The van der Waals surface area contributed by atoms with Gasteiger partial charge in [0.15, 0.2) is 0 Å². The standard InChI is InChI=1S/C24H25ClN4O3/c1-3-4-13-31-23(30)21-16(2)28-24-26-15-27-29(24)22(21)18-7-11-20(12-8-18)32-14-17-5-9-19(25)10-6-17/h5-12,15,22H,3-4,13-14H2,1-2H3,(H,26,27,28). The minimum atomic E-state index is -0.437. The fraction of sp³-hybridized carbons (Fsp3) is 0.292. The van der Waals surface area contributed by atoms with E-state index in [9.17, 15) is 4.79 Å². The molecule has 166 valence electrons. The number of unbranched alkanes of at least 4 members (excludes halogenated alkanes) is 1. The van der Waals surface area contributed by atoms with E-state index in [4.69, 9.17) is 21.1 Å². The molecular weight excluding hydrogens is 428 g/mol. The zero-order valence-corrected chi connectivity index (χ0v) is 18.8. The van der Waals surface area contributed by atoms with Crippen LogP contribution in [-0.2, 0) is 16.1 Å². The Kier molecular flexibility index (Phi) is 6.75. The van der Waals surface area contributed by atoms with E-state index in [-0.39, 0.29) is 5.97 Å². The molecule has 1 N–H and O–H groups in total. The predicted octanol–water partition coefficient (Wildman–Crippen LogP) is 5.14. The van der Waals surface area contributed by atoms with Gasteiger partial charge in [0.2, 0.25) is 5.95 Å². The summed E-state index contributed by atoms with van der Waals surface area (Å²) in [5.41, 5.74) is 3.15. The molecule has 32 heavy (non-hydrogen) atoms. The van der Waals surface area contributed by atoms with E-state index in [1.165, 1.54) is 6.33 Å². The number of hydrogen-bond acceptors (Lipinski definition) is 6. The molecule has 0 saturated heterocycles. The lowest BCUT2D eigenvalue weighted by atomic mass is 9.96. The summed E-state index contributed by atoms with van der Waals surface area (Å²) < 4.78 is 13.1. The van der Waals surface area contributed by atoms with Crippen molar-refractivity contribution >= 4 is 23.5 Å². The average molecular weight is 453 g/mol. The Balaban J connectivity index is 1.55. The Morgan fingerprint density at radius 1 is 1.16 bits per heavy atom. The first-order chi connectivity index (χ1) is 15.6. The molecule has 4 rings (SSSR count). The zero-order chi connectivity index (χ0) is 22.5. The van der Waals surface area contributed by atoms with Crippen molar-refractivity contribution in [3.8, 4) is 5.75 Å². The second kappa shape index (κ2) is 9.87. The number of rotatable bonds is 8. The van der Waals surface area contributed by atoms with Crippen LogP contribution in [0.1, 0.15) is 43.9 Å². The van der Waals surface area contributed by atoms with Crippen molar-refractivity contribution in [3.63, 3.8) is 0 Å². The number of ether oxygens (including phenoxy) is 2. The van der Waals surface area contributed by atoms with Crippen molar-refractivity contribution in [2.24, 2.45) is 0 Å². The van der Waals surface area contributed by atoms with E-state index in [0.29, 0.717) is 35.5 Å². The van der Waals surface area contributed by atoms with E-state index in [2.05, 4.69) is 22.3 Å². The van der Waals surface area contributed by atoms with Gasteiger partial charge in [0.1, 0.15) is 24.7 Å². The topological polar surface area (TPSA) is 78.3 Å². The van der Waals surface area contributed by atoms with Gasteiger partial charge in [-0.3, -0.25) is 0 Å². The number of aromatic nitrogens is 3. The number of carbonyl (C=O) groups is 1. The number of allylic oxidation sites excluding steroid dienone is 1. The summed E-state index contributed by atoms with van der Waals surface area (Å²) in [6.07, 6.45) is 3.25. The number of esters is 1. The highest BCUT2D eigenvalue weighted by atomic mass is 35.5. The largest absolute Gasteiger partial charge is 0.489 e. The Morgan fingerprint density at radius 2 is 1.91 bits per heavy atom. The summed E-state index contributed by atoms with van der Waals surface area (Å²) in [7, 11) is 0. The van der Waals surface area contributed by atoms with Gasteiger partial charge in [0.05, 0.1) is 12.2 Å². The highest BCUT2D eigenvalue weighted by Crippen LogP contribution is 2.35. The van der Waals surface area contributed by atoms with Crippen molar-refractivity contribution in [2.75, 3.05) is 11.9 Å². The molecule has 0 bridgehead atoms. The summed E-state index contributed by atoms with van der Waals surface area (Å²) in [6, 6.07) is 14.8. The molecule has 0 saturated carbocycles. The number of carbonyl (C=O) groups excluding carboxylic acids is 1. The maximum Gasteiger partial charge on any atom is 0.338 e. The third kappa shape index (κ3) is 4.78. The van der Waals surface area contributed by atoms with Gasteiger partial charge in [0, 0.05) is 10.7 Å². The lowest BCUT2D eigenvalue weighted by Gasteiger charge is -2.28. The minimum Gasteiger partial charge on any atom is -0.489 e. The minimum absolute atomic E-state index is 0.349. The summed E-state index contributed by atoms with van der Waals surface area (Å²) >= 11 is 5.93. The third-order valence-electron chi connectivity index (χ3n) is 5.26. The molecule has 0 fully saturated rings. The molecule has 3 aromatic rings. The fourth-order valence-electron chi connectivity index (χ4n) is 3.54. The second-order valence-corrected chi connectivity index (χ2v) is 8.00. The van der Waals surface area contributed by atoms with Gasteiger partial charge < -0.3 is 14.8 Å². The van der Waals surface area contributed by atoms with Gasteiger partial charge >= 0.3 is 5.97 Å². The first-order valence-electron chi connectivity index (χ1n) is 10.6. The van der Waals surface area contributed by atoms with Crippen molar-refractivity contribution in [1.29, 1.82) is 0 Å². The molecule has 2 heterocycles.